The number of benzene rings is 1. The fraction of sp³-hybridized carbons (Fsp3) is 0.200. The monoisotopic (exact) mass is 449 g/mol. The second kappa shape index (κ2) is 10.3. The number of nitrogens with zero attached hydrogens (tertiary/aromatic N) is 2. The first-order valence-corrected chi connectivity index (χ1v) is 10.2. The number of hydrogen-bond donors (Lipinski definition) is 1. The number of anilines is 1. The zero-order valence-corrected chi connectivity index (χ0v) is 17.2. The summed E-state index contributed by atoms with van der Waals surface area (Å²) in [6.07, 6.45) is 5.25. The van der Waals surface area contributed by atoms with Crippen molar-refractivity contribution in [3.8, 4) is 5.75 Å². The molecule has 1 aliphatic rings. The number of aromatic nitrogens is 1. The van der Waals surface area contributed by atoms with Crippen LogP contribution in [0.15, 0.2) is 53.7 Å². The number of amides is 2. The molecule has 2 aromatic rings. The fourth-order valence-corrected chi connectivity index (χ4v) is 3.99. The van der Waals surface area contributed by atoms with Crippen molar-refractivity contribution >= 4 is 51.9 Å². The lowest BCUT2D eigenvalue weighted by molar-refractivity contribution is -0.122. The van der Waals surface area contributed by atoms with E-state index in [0.717, 1.165) is 11.8 Å². The van der Waals surface area contributed by atoms with E-state index in [-0.39, 0.29) is 30.5 Å². The summed E-state index contributed by atoms with van der Waals surface area (Å²) in [5.41, 5.74) is 0.954. The number of alkyl halides is 2. The third kappa shape index (κ3) is 5.83. The average Bonchev–Trinajstić information content (AvgIpc) is 2.97. The van der Waals surface area contributed by atoms with Gasteiger partial charge in [-0.1, -0.05) is 42.2 Å². The van der Waals surface area contributed by atoms with E-state index in [2.05, 4.69) is 15.0 Å². The molecule has 156 valence electrons. The van der Waals surface area contributed by atoms with Crippen molar-refractivity contribution < 1.29 is 23.1 Å². The van der Waals surface area contributed by atoms with E-state index < -0.39 is 6.61 Å². The highest BCUT2D eigenvalue weighted by Gasteiger charge is 2.32. The van der Waals surface area contributed by atoms with Gasteiger partial charge in [0.25, 0.3) is 5.91 Å². The summed E-state index contributed by atoms with van der Waals surface area (Å²) >= 11 is 6.35. The van der Waals surface area contributed by atoms with Gasteiger partial charge in [-0.2, -0.15) is 8.78 Å². The predicted molar refractivity (Wildman–Crippen MR) is 115 cm³/mol. The number of para-hydroxylation sites is 1. The molecule has 0 saturated carbocycles. The maximum Gasteiger partial charge on any atom is 0.387 e. The van der Waals surface area contributed by atoms with Crippen molar-refractivity contribution in [2.45, 2.75) is 19.5 Å². The Bertz CT molecular complexity index is 971. The molecule has 1 aliphatic heterocycles. The minimum atomic E-state index is -2.97. The lowest BCUT2D eigenvalue weighted by Crippen LogP contribution is -2.29. The standard InChI is InChI=1S/C20H17F2N3O3S2/c21-19(22)28-15-7-2-1-5-13(15)11-16-18(27)25(20(29)30-16)10-4-8-17(26)24-14-6-3-9-23-12-14/h1-3,5-7,9,11-12,19H,4,8,10H2,(H,24,26). The van der Waals surface area contributed by atoms with Crippen LogP contribution >= 0.6 is 24.0 Å². The zero-order valence-electron chi connectivity index (χ0n) is 15.6. The van der Waals surface area contributed by atoms with Crippen molar-refractivity contribution in [3.05, 3.63) is 59.3 Å². The number of thiocarbonyl (C=S) groups is 1. The van der Waals surface area contributed by atoms with Crippen LogP contribution in [-0.4, -0.2) is 39.2 Å². The van der Waals surface area contributed by atoms with Gasteiger partial charge in [0.15, 0.2) is 0 Å². The normalized spacial score (nSPS) is 15.2. The third-order valence-electron chi connectivity index (χ3n) is 4.03. The third-order valence-corrected chi connectivity index (χ3v) is 5.40. The molecule has 1 fully saturated rings. The van der Waals surface area contributed by atoms with Crippen LogP contribution in [0.1, 0.15) is 18.4 Å². The Morgan fingerprint density at radius 3 is 2.83 bits per heavy atom. The molecule has 2 amide bonds. The number of pyridine rings is 1. The van der Waals surface area contributed by atoms with E-state index in [4.69, 9.17) is 12.2 Å². The fourth-order valence-electron chi connectivity index (χ4n) is 2.70. The minimum absolute atomic E-state index is 0.0233. The summed E-state index contributed by atoms with van der Waals surface area (Å²) in [6, 6.07) is 9.65. The Labute approximate surface area is 181 Å². The molecular weight excluding hydrogens is 432 g/mol. The molecule has 6 nitrogen and oxygen atoms in total. The first-order valence-electron chi connectivity index (χ1n) is 8.93. The molecule has 3 rings (SSSR count). The van der Waals surface area contributed by atoms with Crippen molar-refractivity contribution in [2.24, 2.45) is 0 Å². The van der Waals surface area contributed by atoms with E-state index in [1.54, 1.807) is 42.7 Å². The number of rotatable bonds is 8. The molecule has 10 heteroatoms. The van der Waals surface area contributed by atoms with Crippen molar-refractivity contribution in [1.82, 2.24) is 9.88 Å². The molecule has 1 saturated heterocycles. The number of thioether (sulfide) groups is 1. The molecule has 0 radical (unpaired) electrons. The highest BCUT2D eigenvalue weighted by atomic mass is 32.2. The van der Waals surface area contributed by atoms with Crippen molar-refractivity contribution in [3.63, 3.8) is 0 Å². The molecule has 0 atom stereocenters. The van der Waals surface area contributed by atoms with E-state index in [9.17, 15) is 18.4 Å². The first-order chi connectivity index (χ1) is 14.4. The maximum absolute atomic E-state index is 12.7. The molecule has 0 unspecified atom stereocenters. The maximum atomic E-state index is 12.7. The van der Waals surface area contributed by atoms with Gasteiger partial charge in [0.05, 0.1) is 16.8 Å². The van der Waals surface area contributed by atoms with Gasteiger partial charge in [-0.3, -0.25) is 19.5 Å². The molecule has 1 N–H and O–H groups in total. The Balaban J connectivity index is 1.59. The molecule has 2 heterocycles. The van der Waals surface area contributed by atoms with Crippen LogP contribution in [0.3, 0.4) is 0 Å². The van der Waals surface area contributed by atoms with Gasteiger partial charge in [0.1, 0.15) is 10.1 Å². The van der Waals surface area contributed by atoms with E-state index in [0.29, 0.717) is 26.9 Å². The summed E-state index contributed by atoms with van der Waals surface area (Å²) in [5.74, 6) is -0.545. The van der Waals surface area contributed by atoms with Crippen LogP contribution < -0.4 is 10.1 Å². The van der Waals surface area contributed by atoms with Crippen LogP contribution in [0.5, 0.6) is 5.75 Å². The van der Waals surface area contributed by atoms with Crippen molar-refractivity contribution in [1.29, 1.82) is 0 Å². The molecule has 0 bridgehead atoms. The zero-order chi connectivity index (χ0) is 21.5. The summed E-state index contributed by atoms with van der Waals surface area (Å²) in [6.45, 7) is -2.69. The van der Waals surface area contributed by atoms with E-state index in [1.165, 1.54) is 17.0 Å². The lowest BCUT2D eigenvalue weighted by Gasteiger charge is -2.14. The minimum Gasteiger partial charge on any atom is -0.434 e. The first kappa shape index (κ1) is 21.8. The van der Waals surface area contributed by atoms with Crippen LogP contribution in [0, 0.1) is 0 Å². The van der Waals surface area contributed by atoms with E-state index in [1.807, 2.05) is 0 Å². The number of halogens is 2. The molecule has 0 aliphatic carbocycles. The average molecular weight is 450 g/mol. The number of hydrogen-bond acceptors (Lipinski definition) is 6. The number of carbonyl (C=O) groups excluding carboxylic acids is 2. The summed E-state index contributed by atoms with van der Waals surface area (Å²) in [5, 5.41) is 2.72. The van der Waals surface area contributed by atoms with Crippen LogP contribution in [0.2, 0.25) is 0 Å². The highest BCUT2D eigenvalue weighted by Crippen LogP contribution is 2.34. The van der Waals surface area contributed by atoms with Gasteiger partial charge >= 0.3 is 6.61 Å². The molecule has 30 heavy (non-hydrogen) atoms. The molecule has 1 aromatic carbocycles. The SMILES string of the molecule is O=C(CCCN1C(=O)C(=Cc2ccccc2OC(F)F)SC1=S)Nc1cccnc1. The van der Waals surface area contributed by atoms with Gasteiger partial charge in [0, 0.05) is 24.7 Å². The largest absolute Gasteiger partial charge is 0.434 e. The number of carbonyl (C=O) groups is 2. The number of nitrogens with one attached hydrogen (secondary N) is 1. The topological polar surface area (TPSA) is 71.5 Å². The second-order valence-electron chi connectivity index (χ2n) is 6.14. The molecule has 1 aromatic heterocycles. The Kier molecular flexibility index (Phi) is 7.47. The van der Waals surface area contributed by atoms with Crippen LogP contribution in [0.4, 0.5) is 14.5 Å². The Morgan fingerprint density at radius 2 is 2.10 bits per heavy atom. The molecular formula is C20H17F2N3O3S2. The van der Waals surface area contributed by atoms with Gasteiger partial charge < -0.3 is 10.1 Å². The quantitative estimate of drug-likeness (QED) is 0.479. The Morgan fingerprint density at radius 1 is 1.30 bits per heavy atom. The highest BCUT2D eigenvalue weighted by molar-refractivity contribution is 8.26. The van der Waals surface area contributed by atoms with Gasteiger partial charge in [-0.05, 0) is 30.7 Å². The van der Waals surface area contributed by atoms with Crippen molar-refractivity contribution in [2.75, 3.05) is 11.9 Å². The summed E-state index contributed by atoms with van der Waals surface area (Å²) in [7, 11) is 0. The van der Waals surface area contributed by atoms with Gasteiger partial charge in [0.2, 0.25) is 5.91 Å². The number of ether oxygens (including phenoxy) is 1. The van der Waals surface area contributed by atoms with Gasteiger partial charge in [-0.25, -0.2) is 0 Å². The summed E-state index contributed by atoms with van der Waals surface area (Å²) in [4.78, 5) is 30.3. The Hall–Kier alpha value is -2.85. The molecule has 0 spiro atoms. The lowest BCUT2D eigenvalue weighted by atomic mass is 10.2. The smallest absolute Gasteiger partial charge is 0.387 e. The van der Waals surface area contributed by atoms with E-state index >= 15 is 0 Å². The van der Waals surface area contributed by atoms with Gasteiger partial charge in [-0.15, -0.1) is 0 Å². The summed E-state index contributed by atoms with van der Waals surface area (Å²) < 4.78 is 30.0. The predicted octanol–water partition coefficient (Wildman–Crippen LogP) is 4.30. The second-order valence-corrected chi connectivity index (χ2v) is 7.82. The van der Waals surface area contributed by atoms with Crippen LogP contribution in [0.25, 0.3) is 6.08 Å². The van der Waals surface area contributed by atoms with Crippen LogP contribution in [-0.2, 0) is 9.59 Å².